The quantitative estimate of drug-likeness (QED) is 0.769. The van der Waals surface area contributed by atoms with Crippen LogP contribution in [0.1, 0.15) is 33.6 Å². The third kappa shape index (κ3) is 3.46. The van der Waals surface area contributed by atoms with Gasteiger partial charge in [0.2, 0.25) is 0 Å². The zero-order valence-corrected chi connectivity index (χ0v) is 10.6. The van der Waals surface area contributed by atoms with Crippen LogP contribution in [-0.4, -0.2) is 59.1 Å². The van der Waals surface area contributed by atoms with Crippen molar-refractivity contribution in [1.29, 1.82) is 0 Å². The Kier molecular flexibility index (Phi) is 5.22. The van der Waals surface area contributed by atoms with E-state index in [4.69, 9.17) is 5.11 Å². The molecule has 1 N–H and O–H groups in total. The summed E-state index contributed by atoms with van der Waals surface area (Å²) in [5.41, 5.74) is 0. The van der Waals surface area contributed by atoms with Crippen molar-refractivity contribution in [3.63, 3.8) is 0 Å². The Morgan fingerprint density at radius 3 is 2.12 bits per heavy atom. The van der Waals surface area contributed by atoms with Gasteiger partial charge in [-0.05, 0) is 20.3 Å². The maximum atomic E-state index is 10.9. The van der Waals surface area contributed by atoms with E-state index in [1.807, 2.05) is 0 Å². The summed E-state index contributed by atoms with van der Waals surface area (Å²) in [4.78, 5) is 15.4. The Bertz CT molecular complexity index is 225. The lowest BCUT2D eigenvalue weighted by Gasteiger charge is -2.39. The zero-order valence-electron chi connectivity index (χ0n) is 10.6. The third-order valence-corrected chi connectivity index (χ3v) is 3.58. The Morgan fingerprint density at radius 2 is 1.69 bits per heavy atom. The number of aliphatic carboxylic acids is 1. The van der Waals surface area contributed by atoms with Crippen molar-refractivity contribution in [2.24, 2.45) is 0 Å². The lowest BCUT2D eigenvalue weighted by molar-refractivity contribution is -0.143. The van der Waals surface area contributed by atoms with Crippen molar-refractivity contribution in [2.45, 2.75) is 45.7 Å². The van der Waals surface area contributed by atoms with Gasteiger partial charge in [-0.25, -0.2) is 0 Å². The summed E-state index contributed by atoms with van der Waals surface area (Å²) < 4.78 is 0. The van der Waals surface area contributed by atoms with Crippen molar-refractivity contribution in [3.05, 3.63) is 0 Å². The summed E-state index contributed by atoms with van der Waals surface area (Å²) in [5.74, 6) is -0.713. The molecule has 94 valence electrons. The van der Waals surface area contributed by atoms with Crippen LogP contribution in [0.25, 0.3) is 0 Å². The number of carboxylic acids is 1. The van der Waals surface area contributed by atoms with Gasteiger partial charge in [-0.2, -0.15) is 0 Å². The van der Waals surface area contributed by atoms with Gasteiger partial charge in [0.05, 0.1) is 0 Å². The summed E-state index contributed by atoms with van der Waals surface area (Å²) in [7, 11) is 0. The summed E-state index contributed by atoms with van der Waals surface area (Å²) in [6.07, 6.45) is 2.45. The highest BCUT2D eigenvalue weighted by atomic mass is 16.4. The maximum absolute atomic E-state index is 10.9. The highest BCUT2D eigenvalue weighted by Crippen LogP contribution is 2.12. The van der Waals surface area contributed by atoms with Crippen molar-refractivity contribution in [3.8, 4) is 0 Å². The molecule has 0 aliphatic carbocycles. The van der Waals surface area contributed by atoms with E-state index in [1.54, 1.807) is 6.92 Å². The minimum Gasteiger partial charge on any atom is -0.480 e. The largest absolute Gasteiger partial charge is 0.480 e. The van der Waals surface area contributed by atoms with Gasteiger partial charge in [-0.3, -0.25) is 14.6 Å². The van der Waals surface area contributed by atoms with E-state index in [9.17, 15) is 4.79 Å². The second-order valence-corrected chi connectivity index (χ2v) is 4.72. The van der Waals surface area contributed by atoms with Gasteiger partial charge >= 0.3 is 5.97 Å². The molecule has 1 saturated heterocycles. The predicted octanol–water partition coefficient (Wildman–Crippen LogP) is 1.27. The molecule has 4 heteroatoms. The molecule has 1 fully saturated rings. The van der Waals surface area contributed by atoms with Crippen LogP contribution in [0, 0.1) is 0 Å². The third-order valence-electron chi connectivity index (χ3n) is 3.58. The van der Waals surface area contributed by atoms with Crippen molar-refractivity contribution in [1.82, 2.24) is 9.80 Å². The fourth-order valence-corrected chi connectivity index (χ4v) is 2.32. The van der Waals surface area contributed by atoms with Gasteiger partial charge in [-0.15, -0.1) is 0 Å². The highest BCUT2D eigenvalue weighted by Gasteiger charge is 2.26. The maximum Gasteiger partial charge on any atom is 0.320 e. The predicted molar refractivity (Wildman–Crippen MR) is 64.6 cm³/mol. The zero-order chi connectivity index (χ0) is 12.1. The van der Waals surface area contributed by atoms with Gasteiger partial charge in [-0.1, -0.05) is 13.3 Å². The molecule has 2 atom stereocenters. The number of carboxylic acid groups (broad SMARTS) is 1. The second kappa shape index (κ2) is 6.21. The van der Waals surface area contributed by atoms with Crippen molar-refractivity contribution >= 4 is 5.97 Å². The van der Waals surface area contributed by atoms with Crippen LogP contribution in [0.3, 0.4) is 0 Å². The molecule has 0 aromatic rings. The summed E-state index contributed by atoms with van der Waals surface area (Å²) in [6.45, 7) is 9.99. The number of piperazine rings is 1. The molecule has 0 radical (unpaired) electrons. The normalized spacial score (nSPS) is 22.9. The fraction of sp³-hybridized carbons (Fsp3) is 0.917. The molecule has 4 nitrogen and oxygen atoms in total. The molecule has 1 aliphatic rings. The molecule has 0 saturated carbocycles. The first kappa shape index (κ1) is 13.5. The Hall–Kier alpha value is -0.610. The number of hydrogen-bond acceptors (Lipinski definition) is 3. The molecular weight excluding hydrogens is 204 g/mol. The van der Waals surface area contributed by atoms with Gasteiger partial charge in [0.15, 0.2) is 0 Å². The number of rotatable bonds is 5. The van der Waals surface area contributed by atoms with Gasteiger partial charge < -0.3 is 5.11 Å². The molecule has 0 spiro atoms. The Morgan fingerprint density at radius 1 is 1.19 bits per heavy atom. The van der Waals surface area contributed by atoms with Crippen molar-refractivity contribution < 1.29 is 9.90 Å². The monoisotopic (exact) mass is 228 g/mol. The van der Waals surface area contributed by atoms with E-state index in [1.165, 1.54) is 12.8 Å². The van der Waals surface area contributed by atoms with E-state index in [0.29, 0.717) is 6.04 Å². The Balaban J connectivity index is 2.36. The molecular formula is C12H24N2O2. The molecule has 1 aliphatic heterocycles. The van der Waals surface area contributed by atoms with Crippen LogP contribution >= 0.6 is 0 Å². The summed E-state index contributed by atoms with van der Waals surface area (Å²) >= 11 is 0. The molecule has 1 heterocycles. The van der Waals surface area contributed by atoms with E-state index in [-0.39, 0.29) is 6.04 Å². The van der Waals surface area contributed by atoms with Gasteiger partial charge in [0.1, 0.15) is 6.04 Å². The van der Waals surface area contributed by atoms with E-state index in [0.717, 1.165) is 26.2 Å². The minimum absolute atomic E-state index is 0.344. The number of carbonyl (C=O) groups is 1. The van der Waals surface area contributed by atoms with Gasteiger partial charge in [0.25, 0.3) is 0 Å². The van der Waals surface area contributed by atoms with Crippen LogP contribution in [-0.2, 0) is 4.79 Å². The summed E-state index contributed by atoms with van der Waals surface area (Å²) in [5, 5.41) is 8.94. The topological polar surface area (TPSA) is 43.8 Å². The average Bonchev–Trinajstić information content (AvgIpc) is 2.28. The van der Waals surface area contributed by atoms with Crippen molar-refractivity contribution in [2.75, 3.05) is 26.2 Å². The number of hydrogen-bond donors (Lipinski definition) is 1. The molecule has 0 amide bonds. The van der Waals surface area contributed by atoms with Crippen LogP contribution in [0.5, 0.6) is 0 Å². The SMILES string of the molecule is CCCC(C)N1CCN(C(C)C(=O)O)CC1. The van der Waals surface area contributed by atoms with E-state index < -0.39 is 5.97 Å². The first-order valence-corrected chi connectivity index (χ1v) is 6.27. The standard InChI is InChI=1S/C12H24N2O2/c1-4-5-10(2)13-6-8-14(9-7-13)11(3)12(15)16/h10-11H,4-9H2,1-3H3,(H,15,16). The molecule has 1 rings (SSSR count). The van der Waals surface area contributed by atoms with Gasteiger partial charge in [0, 0.05) is 32.2 Å². The minimum atomic E-state index is -0.713. The molecule has 0 aromatic heterocycles. The average molecular weight is 228 g/mol. The lowest BCUT2D eigenvalue weighted by atomic mass is 10.1. The second-order valence-electron chi connectivity index (χ2n) is 4.72. The lowest BCUT2D eigenvalue weighted by Crippen LogP contribution is -2.53. The summed E-state index contributed by atoms with van der Waals surface area (Å²) in [6, 6.07) is 0.288. The van der Waals surface area contributed by atoms with E-state index >= 15 is 0 Å². The van der Waals surface area contributed by atoms with Crippen LogP contribution in [0.15, 0.2) is 0 Å². The van der Waals surface area contributed by atoms with Crippen LogP contribution < -0.4 is 0 Å². The number of nitrogens with zero attached hydrogens (tertiary/aromatic N) is 2. The van der Waals surface area contributed by atoms with E-state index in [2.05, 4.69) is 23.6 Å². The molecule has 0 bridgehead atoms. The van der Waals surface area contributed by atoms with Crippen LogP contribution in [0.4, 0.5) is 0 Å². The first-order chi connectivity index (χ1) is 7.56. The Labute approximate surface area is 98.2 Å². The highest BCUT2D eigenvalue weighted by molar-refractivity contribution is 5.72. The molecule has 16 heavy (non-hydrogen) atoms. The fourth-order valence-electron chi connectivity index (χ4n) is 2.32. The van der Waals surface area contributed by atoms with Crippen LogP contribution in [0.2, 0.25) is 0 Å². The first-order valence-electron chi connectivity index (χ1n) is 6.27. The smallest absolute Gasteiger partial charge is 0.320 e. The molecule has 2 unspecified atom stereocenters. The molecule has 0 aromatic carbocycles.